The molecule has 2 rings (SSSR count). The summed E-state index contributed by atoms with van der Waals surface area (Å²) in [6, 6.07) is 5.51. The van der Waals surface area contributed by atoms with Crippen LogP contribution in [-0.2, 0) is 9.53 Å². The fourth-order valence-electron chi connectivity index (χ4n) is 2.35. The molecule has 0 spiro atoms. The Hall–Kier alpha value is -1.75. The summed E-state index contributed by atoms with van der Waals surface area (Å²) in [5.41, 5.74) is 1.44. The second-order valence-corrected chi connectivity index (χ2v) is 4.55. The van der Waals surface area contributed by atoms with Gasteiger partial charge in [0.1, 0.15) is 5.75 Å². The Bertz CT molecular complexity index is 455. The molecule has 1 fully saturated rings. The third-order valence-electron chi connectivity index (χ3n) is 3.40. The van der Waals surface area contributed by atoms with Crippen LogP contribution in [-0.4, -0.2) is 38.4 Å². The maximum Gasteiger partial charge on any atom is 0.339 e. The minimum atomic E-state index is -1.32. The summed E-state index contributed by atoms with van der Waals surface area (Å²) >= 11 is 0. The number of methoxy groups -OCH3 is 2. The van der Waals surface area contributed by atoms with E-state index in [0.29, 0.717) is 11.3 Å². The van der Waals surface area contributed by atoms with Crippen molar-refractivity contribution in [1.82, 2.24) is 0 Å². The highest BCUT2D eigenvalue weighted by Crippen LogP contribution is 2.31. The lowest BCUT2D eigenvalue weighted by Crippen LogP contribution is -2.19. The maximum absolute atomic E-state index is 11.5. The highest BCUT2D eigenvalue weighted by Gasteiger charge is 2.23. The van der Waals surface area contributed by atoms with Crippen LogP contribution in [0.2, 0.25) is 0 Å². The summed E-state index contributed by atoms with van der Waals surface area (Å²) < 4.78 is 9.77. The van der Waals surface area contributed by atoms with Gasteiger partial charge in [-0.15, -0.1) is 0 Å². The summed E-state index contributed by atoms with van der Waals surface area (Å²) in [6.07, 6.45) is 1.02. The average molecular weight is 265 g/mol. The summed E-state index contributed by atoms with van der Waals surface area (Å²) in [4.78, 5) is 13.7. The van der Waals surface area contributed by atoms with Gasteiger partial charge in [0.15, 0.2) is 6.10 Å². The third kappa shape index (κ3) is 2.81. The molecule has 0 radical (unpaired) electrons. The van der Waals surface area contributed by atoms with E-state index in [0.717, 1.165) is 18.8 Å². The molecule has 5 nitrogen and oxygen atoms in total. The molecule has 1 aliphatic heterocycles. The summed E-state index contributed by atoms with van der Waals surface area (Å²) in [5.74, 6) is -0.197. The highest BCUT2D eigenvalue weighted by molar-refractivity contribution is 5.78. The Balaban J connectivity index is 2.32. The van der Waals surface area contributed by atoms with E-state index >= 15 is 0 Å². The Morgan fingerprint density at radius 3 is 2.58 bits per heavy atom. The van der Waals surface area contributed by atoms with Crippen LogP contribution in [0.3, 0.4) is 0 Å². The van der Waals surface area contributed by atoms with Crippen molar-refractivity contribution in [1.29, 1.82) is 0 Å². The lowest BCUT2D eigenvalue weighted by molar-refractivity contribution is -0.150. The third-order valence-corrected chi connectivity index (χ3v) is 3.40. The highest BCUT2D eigenvalue weighted by atomic mass is 16.5. The predicted molar refractivity (Wildman–Crippen MR) is 71.4 cm³/mol. The van der Waals surface area contributed by atoms with Gasteiger partial charge in [-0.25, -0.2) is 4.79 Å². The van der Waals surface area contributed by atoms with Gasteiger partial charge in [0, 0.05) is 24.3 Å². The van der Waals surface area contributed by atoms with Crippen LogP contribution in [0.15, 0.2) is 18.2 Å². The van der Waals surface area contributed by atoms with Gasteiger partial charge in [-0.1, -0.05) is 0 Å². The molecule has 1 N–H and O–H groups in total. The first-order valence-electron chi connectivity index (χ1n) is 6.36. The number of esters is 1. The largest absolute Gasteiger partial charge is 0.496 e. The topological polar surface area (TPSA) is 59.0 Å². The second kappa shape index (κ2) is 5.93. The van der Waals surface area contributed by atoms with Crippen molar-refractivity contribution in [2.24, 2.45) is 0 Å². The molecule has 0 saturated carbocycles. The quantitative estimate of drug-likeness (QED) is 0.836. The number of nitrogens with zero attached hydrogens (tertiary/aromatic N) is 1. The number of benzene rings is 1. The molecule has 1 aromatic rings. The van der Waals surface area contributed by atoms with Gasteiger partial charge in [0.2, 0.25) is 0 Å². The van der Waals surface area contributed by atoms with E-state index in [1.165, 1.54) is 27.1 Å². The molecular weight excluding hydrogens is 246 g/mol. The van der Waals surface area contributed by atoms with Gasteiger partial charge < -0.3 is 19.5 Å². The lowest BCUT2D eigenvalue weighted by atomic mass is 10.1. The van der Waals surface area contributed by atoms with Gasteiger partial charge >= 0.3 is 5.97 Å². The molecule has 1 aromatic carbocycles. The molecule has 1 heterocycles. The number of aliphatic hydroxyl groups excluding tert-OH is 1. The van der Waals surface area contributed by atoms with Crippen molar-refractivity contribution in [3.05, 3.63) is 23.8 Å². The van der Waals surface area contributed by atoms with E-state index in [4.69, 9.17) is 4.74 Å². The molecule has 0 amide bonds. The van der Waals surface area contributed by atoms with Gasteiger partial charge in [0.25, 0.3) is 0 Å². The van der Waals surface area contributed by atoms with Crippen LogP contribution >= 0.6 is 0 Å². The van der Waals surface area contributed by atoms with E-state index in [2.05, 4.69) is 9.64 Å². The molecule has 1 saturated heterocycles. The number of rotatable bonds is 4. The molecule has 1 aliphatic rings. The number of anilines is 1. The number of carbonyl (C=O) groups excluding carboxylic acids is 1. The molecule has 5 heteroatoms. The predicted octanol–water partition coefficient (Wildman–Crippen LogP) is 1.50. The van der Waals surface area contributed by atoms with E-state index < -0.39 is 12.1 Å². The van der Waals surface area contributed by atoms with E-state index in [9.17, 15) is 9.90 Å². The molecular formula is C14H19NO4. The van der Waals surface area contributed by atoms with E-state index in [1.807, 2.05) is 6.07 Å². The van der Waals surface area contributed by atoms with Crippen LogP contribution in [0.25, 0.3) is 0 Å². The van der Waals surface area contributed by atoms with Gasteiger partial charge in [-0.05, 0) is 31.0 Å². The number of hydrogen-bond acceptors (Lipinski definition) is 5. The van der Waals surface area contributed by atoms with Crippen LogP contribution in [0.4, 0.5) is 5.69 Å². The fraction of sp³-hybridized carbons (Fsp3) is 0.500. The summed E-state index contributed by atoms with van der Waals surface area (Å²) in [6.45, 7) is 2.00. The van der Waals surface area contributed by atoms with Crippen molar-refractivity contribution in [3.63, 3.8) is 0 Å². The molecule has 0 aromatic heterocycles. The van der Waals surface area contributed by atoms with Crippen LogP contribution < -0.4 is 9.64 Å². The Kier molecular flexibility index (Phi) is 4.27. The molecule has 19 heavy (non-hydrogen) atoms. The molecule has 1 unspecified atom stereocenters. The van der Waals surface area contributed by atoms with Crippen LogP contribution in [0.5, 0.6) is 5.75 Å². The average Bonchev–Trinajstić information content (AvgIpc) is 2.99. The normalized spacial score (nSPS) is 16.3. The summed E-state index contributed by atoms with van der Waals surface area (Å²) in [5, 5.41) is 10.00. The maximum atomic E-state index is 11.5. The number of aliphatic hydroxyl groups is 1. The first kappa shape index (κ1) is 13.7. The number of hydrogen-bond donors (Lipinski definition) is 1. The van der Waals surface area contributed by atoms with Crippen molar-refractivity contribution >= 4 is 11.7 Å². The Labute approximate surface area is 112 Å². The van der Waals surface area contributed by atoms with Crippen molar-refractivity contribution in [2.75, 3.05) is 32.2 Å². The smallest absolute Gasteiger partial charge is 0.339 e. The van der Waals surface area contributed by atoms with Crippen molar-refractivity contribution in [2.45, 2.75) is 18.9 Å². The molecule has 104 valence electrons. The molecule has 1 atom stereocenters. The van der Waals surface area contributed by atoms with E-state index in [1.54, 1.807) is 12.1 Å². The minimum absolute atomic E-state index is 0.443. The minimum Gasteiger partial charge on any atom is -0.496 e. The summed E-state index contributed by atoms with van der Waals surface area (Å²) in [7, 11) is 2.76. The van der Waals surface area contributed by atoms with Gasteiger partial charge in [-0.3, -0.25) is 0 Å². The first-order valence-corrected chi connectivity index (χ1v) is 6.36. The fourth-order valence-corrected chi connectivity index (χ4v) is 2.35. The molecule has 0 bridgehead atoms. The zero-order valence-corrected chi connectivity index (χ0v) is 11.3. The second-order valence-electron chi connectivity index (χ2n) is 4.55. The number of carbonyl (C=O) groups is 1. The lowest BCUT2D eigenvalue weighted by Gasteiger charge is -2.21. The Morgan fingerprint density at radius 1 is 1.32 bits per heavy atom. The first-order chi connectivity index (χ1) is 9.17. The Morgan fingerprint density at radius 2 is 2.00 bits per heavy atom. The van der Waals surface area contributed by atoms with E-state index in [-0.39, 0.29) is 0 Å². The zero-order chi connectivity index (χ0) is 13.8. The standard InChI is InChI=1S/C14H19NO4/c1-18-12-6-5-10(15-7-3-4-8-15)9-11(12)13(16)14(17)19-2/h5-6,9,13,16H,3-4,7-8H2,1-2H3. The van der Waals surface area contributed by atoms with Crippen molar-refractivity contribution in [3.8, 4) is 5.75 Å². The van der Waals surface area contributed by atoms with Crippen molar-refractivity contribution < 1.29 is 19.4 Å². The molecule has 0 aliphatic carbocycles. The monoisotopic (exact) mass is 265 g/mol. The van der Waals surface area contributed by atoms with Gasteiger partial charge in [-0.2, -0.15) is 0 Å². The van der Waals surface area contributed by atoms with Crippen LogP contribution in [0.1, 0.15) is 24.5 Å². The number of ether oxygens (including phenoxy) is 2. The zero-order valence-electron chi connectivity index (χ0n) is 11.3. The van der Waals surface area contributed by atoms with Crippen LogP contribution in [0, 0.1) is 0 Å². The van der Waals surface area contributed by atoms with Gasteiger partial charge in [0.05, 0.1) is 14.2 Å². The SMILES string of the molecule is COC(=O)C(O)c1cc(N2CCCC2)ccc1OC.